The summed E-state index contributed by atoms with van der Waals surface area (Å²) in [4.78, 5) is 31.5. The van der Waals surface area contributed by atoms with Crippen molar-refractivity contribution < 1.29 is 18.7 Å². The van der Waals surface area contributed by atoms with Crippen molar-refractivity contribution >= 4 is 28.4 Å². The number of aromatic amines is 1. The highest BCUT2D eigenvalue weighted by Crippen LogP contribution is 2.52. The highest BCUT2D eigenvalue weighted by atomic mass is 19.1. The maximum Gasteiger partial charge on any atom is 0.231 e. The number of nitrogens with zero attached hydrogens (tertiary/aromatic N) is 1. The van der Waals surface area contributed by atoms with E-state index in [1.165, 1.54) is 12.1 Å². The third-order valence-electron chi connectivity index (χ3n) is 6.94. The maximum absolute atomic E-state index is 14.0. The Hall–Kier alpha value is -3.45. The van der Waals surface area contributed by atoms with E-state index in [-0.39, 0.29) is 17.5 Å². The minimum Gasteiger partial charge on any atom is -0.361 e. The second kappa shape index (κ2) is 7.03. The molecule has 0 saturated carbocycles. The van der Waals surface area contributed by atoms with E-state index in [2.05, 4.69) is 16.4 Å². The number of anilines is 1. The largest absolute Gasteiger partial charge is 0.361 e. The normalized spacial score (nSPS) is 28.0. The first kappa shape index (κ1) is 19.3. The summed E-state index contributed by atoms with van der Waals surface area (Å²) in [5, 5.41) is 3.80. The number of benzene rings is 2. The van der Waals surface area contributed by atoms with Gasteiger partial charge in [-0.25, -0.2) is 4.39 Å². The molecule has 2 N–H and O–H groups in total. The van der Waals surface area contributed by atoms with Gasteiger partial charge in [-0.15, -0.1) is 0 Å². The van der Waals surface area contributed by atoms with Gasteiger partial charge in [0.2, 0.25) is 11.8 Å². The molecule has 0 aliphatic carbocycles. The van der Waals surface area contributed by atoms with Crippen molar-refractivity contribution in [3.63, 3.8) is 0 Å². The van der Waals surface area contributed by atoms with E-state index in [0.29, 0.717) is 19.5 Å². The minimum absolute atomic E-state index is 0.0784. The Morgan fingerprint density at radius 1 is 1.22 bits per heavy atom. The summed E-state index contributed by atoms with van der Waals surface area (Å²) in [6, 6.07) is 14.1. The van der Waals surface area contributed by atoms with Crippen molar-refractivity contribution in [1.29, 1.82) is 0 Å². The number of hydrogen-bond donors (Lipinski definition) is 2. The first-order chi connectivity index (χ1) is 15.6. The third-order valence-corrected chi connectivity index (χ3v) is 6.94. The fraction of sp³-hybridized carbons (Fsp3) is 0.280. The van der Waals surface area contributed by atoms with E-state index in [0.717, 1.165) is 16.5 Å². The molecule has 162 valence electrons. The molecule has 32 heavy (non-hydrogen) atoms. The number of fused-ring (bicyclic) bond motifs is 2. The molecule has 2 bridgehead atoms. The quantitative estimate of drug-likeness (QED) is 0.609. The van der Waals surface area contributed by atoms with Crippen LogP contribution in [0.5, 0.6) is 0 Å². The molecule has 2 saturated heterocycles. The Bertz CT molecular complexity index is 1270. The summed E-state index contributed by atoms with van der Waals surface area (Å²) in [5.74, 6) is -2.24. The first-order valence-corrected chi connectivity index (χ1v) is 10.8. The van der Waals surface area contributed by atoms with Gasteiger partial charge in [-0.2, -0.15) is 0 Å². The smallest absolute Gasteiger partial charge is 0.231 e. The Morgan fingerprint density at radius 3 is 2.91 bits per heavy atom. The fourth-order valence-electron chi connectivity index (χ4n) is 5.44. The molecule has 0 radical (unpaired) electrons. The number of halogens is 1. The predicted octanol–water partition coefficient (Wildman–Crippen LogP) is 3.27. The van der Waals surface area contributed by atoms with Crippen LogP contribution in [-0.4, -0.2) is 46.5 Å². The summed E-state index contributed by atoms with van der Waals surface area (Å²) in [6.45, 7) is 0.970. The van der Waals surface area contributed by atoms with Gasteiger partial charge in [0.1, 0.15) is 11.4 Å². The predicted molar refractivity (Wildman–Crippen MR) is 117 cm³/mol. The average molecular weight is 431 g/mol. The van der Waals surface area contributed by atoms with Crippen molar-refractivity contribution in [2.45, 2.75) is 18.1 Å². The highest BCUT2D eigenvalue weighted by molar-refractivity contribution is 5.99. The van der Waals surface area contributed by atoms with E-state index in [1.807, 2.05) is 36.5 Å². The second-order valence-electron chi connectivity index (χ2n) is 8.74. The number of para-hydroxylation sites is 2. The van der Waals surface area contributed by atoms with Crippen molar-refractivity contribution in [2.75, 3.05) is 18.4 Å². The molecular formula is C25H22FN3O3. The first-order valence-electron chi connectivity index (χ1n) is 10.8. The van der Waals surface area contributed by atoms with Crippen LogP contribution in [0.25, 0.3) is 10.9 Å². The molecule has 4 heterocycles. The number of nitrogens with one attached hydrogen (secondary N) is 2. The Morgan fingerprint density at radius 2 is 2.03 bits per heavy atom. The molecule has 6 rings (SSSR count). The Balaban J connectivity index is 1.21. The molecule has 0 unspecified atom stereocenters. The van der Waals surface area contributed by atoms with E-state index in [1.54, 1.807) is 17.0 Å². The highest BCUT2D eigenvalue weighted by Gasteiger charge is 2.66. The van der Waals surface area contributed by atoms with Crippen LogP contribution in [0, 0.1) is 17.7 Å². The number of amides is 2. The van der Waals surface area contributed by atoms with Gasteiger partial charge in [0.15, 0.2) is 0 Å². The lowest BCUT2D eigenvalue weighted by Crippen LogP contribution is -2.41. The van der Waals surface area contributed by atoms with Gasteiger partial charge in [-0.05, 0) is 30.2 Å². The maximum atomic E-state index is 14.0. The van der Waals surface area contributed by atoms with Gasteiger partial charge in [-0.1, -0.05) is 42.5 Å². The van der Waals surface area contributed by atoms with Crippen LogP contribution in [0.2, 0.25) is 0 Å². The molecule has 7 heteroatoms. The Kier molecular flexibility index (Phi) is 4.23. The van der Waals surface area contributed by atoms with Crippen LogP contribution in [0.1, 0.15) is 5.56 Å². The van der Waals surface area contributed by atoms with E-state index in [9.17, 15) is 14.0 Å². The lowest BCUT2D eigenvalue weighted by molar-refractivity contribution is -0.135. The van der Waals surface area contributed by atoms with Crippen LogP contribution in [0.3, 0.4) is 0 Å². The van der Waals surface area contributed by atoms with Crippen molar-refractivity contribution in [3.8, 4) is 0 Å². The molecule has 2 fully saturated rings. The summed E-state index contributed by atoms with van der Waals surface area (Å²) in [7, 11) is 0. The summed E-state index contributed by atoms with van der Waals surface area (Å²) < 4.78 is 20.2. The molecule has 1 aromatic heterocycles. The monoisotopic (exact) mass is 431 g/mol. The number of ether oxygens (including phenoxy) is 1. The molecule has 3 aromatic rings. The molecule has 3 aliphatic rings. The lowest BCUT2D eigenvalue weighted by atomic mass is 9.77. The van der Waals surface area contributed by atoms with Gasteiger partial charge in [-0.3, -0.25) is 9.59 Å². The number of hydrogen-bond acceptors (Lipinski definition) is 3. The van der Waals surface area contributed by atoms with E-state index < -0.39 is 29.4 Å². The molecular weight excluding hydrogens is 409 g/mol. The third kappa shape index (κ3) is 2.81. The zero-order chi connectivity index (χ0) is 21.9. The van der Waals surface area contributed by atoms with Crippen LogP contribution >= 0.6 is 0 Å². The van der Waals surface area contributed by atoms with Gasteiger partial charge in [0.05, 0.1) is 30.2 Å². The molecule has 4 atom stereocenters. The number of likely N-dealkylation sites (tertiary alicyclic amines) is 1. The van der Waals surface area contributed by atoms with Crippen molar-refractivity contribution in [1.82, 2.24) is 9.88 Å². The minimum atomic E-state index is -0.779. The second-order valence-corrected chi connectivity index (χ2v) is 8.74. The average Bonchev–Trinajstić information content (AvgIpc) is 3.54. The molecule has 2 amide bonds. The Labute approximate surface area is 184 Å². The van der Waals surface area contributed by atoms with E-state index in [4.69, 9.17) is 4.74 Å². The molecule has 3 aliphatic heterocycles. The standard InChI is InChI=1S/C25H22FN3O3/c26-17-6-2-4-8-19(17)28-23(30)21-20-9-11-25(32-20)14-29(24(31)22(21)25)12-10-15-13-27-18-7-3-1-5-16(15)18/h1-9,11,13,20-22,27H,10,12,14H2,(H,28,30)/t20-,21+,22-,25+/m1/s1. The summed E-state index contributed by atoms with van der Waals surface area (Å²) >= 11 is 0. The van der Waals surface area contributed by atoms with Gasteiger partial charge < -0.3 is 19.9 Å². The van der Waals surface area contributed by atoms with Crippen molar-refractivity contribution in [2.24, 2.45) is 11.8 Å². The SMILES string of the molecule is O=C(Nc1ccccc1F)[C@H]1[C@H]2C=C[C@@]3(CN(CCc4c[nH]c5ccccc45)C(=O)[C@@H]13)O2. The van der Waals surface area contributed by atoms with Crippen LogP contribution in [0.4, 0.5) is 10.1 Å². The molecule has 2 aromatic carbocycles. The number of aromatic nitrogens is 1. The summed E-state index contributed by atoms with van der Waals surface area (Å²) in [5.41, 5.74) is 1.55. The lowest BCUT2D eigenvalue weighted by Gasteiger charge is -2.23. The van der Waals surface area contributed by atoms with Crippen molar-refractivity contribution in [3.05, 3.63) is 78.3 Å². The summed E-state index contributed by atoms with van der Waals surface area (Å²) in [6.07, 6.45) is 6.01. The van der Waals surface area contributed by atoms with Crippen LogP contribution in [-0.2, 0) is 20.7 Å². The fourth-order valence-corrected chi connectivity index (χ4v) is 5.44. The van der Waals surface area contributed by atoms with Gasteiger partial charge in [0.25, 0.3) is 0 Å². The van der Waals surface area contributed by atoms with Gasteiger partial charge >= 0.3 is 0 Å². The number of carbonyl (C=O) groups excluding carboxylic acids is 2. The van der Waals surface area contributed by atoms with E-state index >= 15 is 0 Å². The zero-order valence-electron chi connectivity index (χ0n) is 17.3. The molecule has 1 spiro atoms. The topological polar surface area (TPSA) is 74.4 Å². The van der Waals surface area contributed by atoms with Crippen LogP contribution in [0.15, 0.2) is 66.9 Å². The van der Waals surface area contributed by atoms with Gasteiger partial charge in [0, 0.05) is 23.6 Å². The van der Waals surface area contributed by atoms with Crippen LogP contribution < -0.4 is 5.32 Å². The number of H-pyrrole nitrogens is 1. The number of carbonyl (C=O) groups is 2. The zero-order valence-corrected chi connectivity index (χ0v) is 17.3. The number of rotatable bonds is 5. The molecule has 6 nitrogen and oxygen atoms in total.